The first-order valence-corrected chi connectivity index (χ1v) is 12.2. The van der Waals surface area contributed by atoms with Crippen LogP contribution in [0.4, 0.5) is 0 Å². The maximum Gasteiger partial charge on any atom is 0.261 e. The number of likely N-dealkylation sites (N-methyl/N-ethyl adjacent to an activating group) is 1. The first kappa shape index (κ1) is 25.5. The molecule has 0 aliphatic heterocycles. The van der Waals surface area contributed by atoms with E-state index in [4.69, 9.17) is 4.74 Å². The van der Waals surface area contributed by atoms with Crippen LogP contribution >= 0.6 is 15.9 Å². The fourth-order valence-electron chi connectivity index (χ4n) is 3.66. The Bertz CT molecular complexity index is 1100. The summed E-state index contributed by atoms with van der Waals surface area (Å²) in [5, 5.41) is 2.90. The van der Waals surface area contributed by atoms with E-state index >= 15 is 0 Å². The first-order chi connectivity index (χ1) is 16.4. The predicted molar refractivity (Wildman–Crippen MR) is 139 cm³/mol. The van der Waals surface area contributed by atoms with Gasteiger partial charge in [-0.05, 0) is 67.3 Å². The Hall–Kier alpha value is -3.12. The van der Waals surface area contributed by atoms with Crippen molar-refractivity contribution in [1.82, 2.24) is 10.2 Å². The molecule has 0 unspecified atom stereocenters. The van der Waals surface area contributed by atoms with E-state index in [9.17, 15) is 9.59 Å². The molecule has 3 rings (SSSR count). The number of aryl methyl sites for hydroxylation is 2. The van der Waals surface area contributed by atoms with Crippen molar-refractivity contribution in [2.75, 3.05) is 13.2 Å². The lowest BCUT2D eigenvalue weighted by atomic mass is 10.0. The lowest BCUT2D eigenvalue weighted by Crippen LogP contribution is -2.51. The van der Waals surface area contributed by atoms with Crippen molar-refractivity contribution in [3.63, 3.8) is 0 Å². The highest BCUT2D eigenvalue weighted by molar-refractivity contribution is 9.10. The minimum atomic E-state index is -0.665. The lowest BCUT2D eigenvalue weighted by molar-refractivity contribution is -0.142. The van der Waals surface area contributed by atoms with Gasteiger partial charge < -0.3 is 15.0 Å². The first-order valence-electron chi connectivity index (χ1n) is 11.4. The quantitative estimate of drug-likeness (QED) is 0.397. The molecule has 0 radical (unpaired) electrons. The Labute approximate surface area is 210 Å². The molecule has 0 heterocycles. The number of halogens is 1. The normalized spacial score (nSPS) is 11.5. The number of amides is 2. The fraction of sp³-hybridized carbons (Fsp3) is 0.286. The third kappa shape index (κ3) is 7.19. The number of carbonyl (C=O) groups is 2. The summed E-state index contributed by atoms with van der Waals surface area (Å²) in [5.74, 6) is 0.217. The summed E-state index contributed by atoms with van der Waals surface area (Å²) in [6, 6.07) is 22.6. The van der Waals surface area contributed by atoms with Crippen molar-refractivity contribution in [2.24, 2.45) is 0 Å². The van der Waals surface area contributed by atoms with Crippen LogP contribution in [0.25, 0.3) is 0 Å². The molecule has 0 saturated heterocycles. The van der Waals surface area contributed by atoms with Gasteiger partial charge in [0.2, 0.25) is 5.91 Å². The summed E-state index contributed by atoms with van der Waals surface area (Å²) in [6.07, 6.45) is 0.415. The van der Waals surface area contributed by atoms with Gasteiger partial charge in [-0.1, -0.05) is 64.5 Å². The highest BCUT2D eigenvalue weighted by Gasteiger charge is 2.30. The van der Waals surface area contributed by atoms with Crippen LogP contribution in [0.2, 0.25) is 0 Å². The smallest absolute Gasteiger partial charge is 0.261 e. The molecule has 34 heavy (non-hydrogen) atoms. The second-order valence-corrected chi connectivity index (χ2v) is 9.20. The molecule has 0 aromatic heterocycles. The number of hydrogen-bond acceptors (Lipinski definition) is 3. The maximum atomic E-state index is 13.5. The fourth-order valence-corrected chi connectivity index (χ4v) is 3.93. The van der Waals surface area contributed by atoms with Gasteiger partial charge in [-0.25, -0.2) is 0 Å². The molecule has 1 N–H and O–H groups in total. The molecule has 0 bridgehead atoms. The number of carbonyl (C=O) groups excluding carboxylic acids is 2. The van der Waals surface area contributed by atoms with Gasteiger partial charge in [-0.2, -0.15) is 0 Å². The zero-order valence-corrected chi connectivity index (χ0v) is 21.5. The van der Waals surface area contributed by atoms with E-state index in [1.54, 1.807) is 4.90 Å². The van der Waals surface area contributed by atoms with E-state index in [-0.39, 0.29) is 18.4 Å². The molecule has 0 fully saturated rings. The topological polar surface area (TPSA) is 58.6 Å². The Morgan fingerprint density at radius 3 is 2.29 bits per heavy atom. The highest BCUT2D eigenvalue weighted by atomic mass is 79.9. The Morgan fingerprint density at radius 2 is 1.65 bits per heavy atom. The monoisotopic (exact) mass is 522 g/mol. The minimum absolute atomic E-state index is 0.149. The maximum absolute atomic E-state index is 13.5. The SMILES string of the molecule is CCNC(=O)[C@H](Cc1ccccc1)N(Cc1ccc(Br)cc1)C(=O)COc1ccc(C)c(C)c1. The molecular formula is C28H31BrN2O3. The van der Waals surface area contributed by atoms with Crippen molar-refractivity contribution in [3.8, 4) is 5.75 Å². The van der Waals surface area contributed by atoms with E-state index in [1.165, 1.54) is 0 Å². The van der Waals surface area contributed by atoms with Crippen LogP contribution < -0.4 is 10.1 Å². The summed E-state index contributed by atoms with van der Waals surface area (Å²) in [4.78, 5) is 28.3. The van der Waals surface area contributed by atoms with Gasteiger partial charge in [0.1, 0.15) is 11.8 Å². The number of hydrogen-bond donors (Lipinski definition) is 1. The summed E-state index contributed by atoms with van der Waals surface area (Å²) in [5.41, 5.74) is 4.18. The molecule has 3 aromatic carbocycles. The van der Waals surface area contributed by atoms with Crippen LogP contribution in [-0.4, -0.2) is 35.9 Å². The van der Waals surface area contributed by atoms with E-state index in [0.717, 1.165) is 26.7 Å². The molecule has 0 aliphatic rings. The Balaban J connectivity index is 1.88. The molecule has 6 heteroatoms. The number of nitrogens with one attached hydrogen (secondary N) is 1. The van der Waals surface area contributed by atoms with Crippen molar-refractivity contribution < 1.29 is 14.3 Å². The van der Waals surface area contributed by atoms with Gasteiger partial charge in [0.25, 0.3) is 5.91 Å². The van der Waals surface area contributed by atoms with Crippen molar-refractivity contribution in [2.45, 2.75) is 39.8 Å². The van der Waals surface area contributed by atoms with E-state index in [0.29, 0.717) is 25.3 Å². The van der Waals surface area contributed by atoms with Crippen LogP contribution in [0, 0.1) is 13.8 Å². The molecule has 0 spiro atoms. The van der Waals surface area contributed by atoms with E-state index < -0.39 is 6.04 Å². The van der Waals surface area contributed by atoms with Gasteiger partial charge in [-0.3, -0.25) is 9.59 Å². The van der Waals surface area contributed by atoms with Crippen LogP contribution in [0.15, 0.2) is 77.3 Å². The Morgan fingerprint density at radius 1 is 0.941 bits per heavy atom. The average molecular weight is 523 g/mol. The van der Waals surface area contributed by atoms with Gasteiger partial charge in [0, 0.05) is 24.0 Å². The zero-order valence-electron chi connectivity index (χ0n) is 19.9. The van der Waals surface area contributed by atoms with E-state index in [2.05, 4.69) is 21.2 Å². The average Bonchev–Trinajstić information content (AvgIpc) is 2.84. The molecule has 1 atom stereocenters. The highest BCUT2D eigenvalue weighted by Crippen LogP contribution is 2.19. The molecule has 0 aliphatic carbocycles. The Kier molecular flexibility index (Phi) is 9.28. The molecule has 178 valence electrons. The number of ether oxygens (including phenoxy) is 1. The molecule has 3 aromatic rings. The van der Waals surface area contributed by atoms with Crippen LogP contribution in [-0.2, 0) is 22.6 Å². The van der Waals surface area contributed by atoms with Crippen LogP contribution in [0.1, 0.15) is 29.2 Å². The molecule has 5 nitrogen and oxygen atoms in total. The van der Waals surface area contributed by atoms with Crippen molar-refractivity contribution in [3.05, 3.63) is 99.5 Å². The standard InChI is InChI=1S/C28H31BrN2O3/c1-4-30-28(33)26(17-22-8-6-5-7-9-22)31(18-23-11-13-24(29)14-12-23)27(32)19-34-25-15-10-20(2)21(3)16-25/h5-16,26H,4,17-19H2,1-3H3,(H,30,33)/t26-/m0/s1. The molecule has 2 amide bonds. The minimum Gasteiger partial charge on any atom is -0.484 e. The van der Waals surface area contributed by atoms with Crippen LogP contribution in [0.5, 0.6) is 5.75 Å². The van der Waals surface area contributed by atoms with Gasteiger partial charge in [0.15, 0.2) is 6.61 Å². The molecule has 0 saturated carbocycles. The van der Waals surface area contributed by atoms with Gasteiger partial charge in [-0.15, -0.1) is 0 Å². The lowest BCUT2D eigenvalue weighted by Gasteiger charge is -2.31. The largest absolute Gasteiger partial charge is 0.484 e. The van der Waals surface area contributed by atoms with Crippen molar-refractivity contribution in [1.29, 1.82) is 0 Å². The summed E-state index contributed by atoms with van der Waals surface area (Å²) in [7, 11) is 0. The second-order valence-electron chi connectivity index (χ2n) is 8.28. The van der Waals surface area contributed by atoms with Crippen molar-refractivity contribution >= 4 is 27.7 Å². The van der Waals surface area contributed by atoms with E-state index in [1.807, 2.05) is 93.6 Å². The number of nitrogens with zero attached hydrogens (tertiary/aromatic N) is 1. The third-order valence-electron chi connectivity index (χ3n) is 5.73. The van der Waals surface area contributed by atoms with Crippen LogP contribution in [0.3, 0.4) is 0 Å². The summed E-state index contributed by atoms with van der Waals surface area (Å²) >= 11 is 3.45. The van der Waals surface area contributed by atoms with Gasteiger partial charge in [0.05, 0.1) is 0 Å². The summed E-state index contributed by atoms with van der Waals surface area (Å²) in [6.45, 7) is 6.56. The zero-order chi connectivity index (χ0) is 24.5. The predicted octanol–water partition coefficient (Wildman–Crippen LogP) is 5.22. The second kappa shape index (κ2) is 12.4. The third-order valence-corrected chi connectivity index (χ3v) is 6.26. The number of rotatable bonds is 10. The van der Waals surface area contributed by atoms with Gasteiger partial charge >= 0.3 is 0 Å². The summed E-state index contributed by atoms with van der Waals surface area (Å²) < 4.78 is 6.81. The number of benzene rings is 3. The molecular weight excluding hydrogens is 492 g/mol.